The van der Waals surface area contributed by atoms with Crippen LogP contribution in [-0.2, 0) is 20.9 Å². The van der Waals surface area contributed by atoms with Gasteiger partial charge in [0.25, 0.3) is 5.91 Å². The Kier molecular flexibility index (Phi) is 5.56. The molecule has 6 heteroatoms. The van der Waals surface area contributed by atoms with E-state index in [2.05, 4.69) is 19.1 Å². The lowest BCUT2D eigenvalue weighted by Crippen LogP contribution is -2.46. The van der Waals surface area contributed by atoms with E-state index in [1.54, 1.807) is 11.3 Å². The van der Waals surface area contributed by atoms with E-state index in [0.717, 1.165) is 25.7 Å². The van der Waals surface area contributed by atoms with Crippen molar-refractivity contribution in [1.29, 1.82) is 0 Å². The normalized spacial score (nSPS) is 21.9. The molecule has 0 aromatic carbocycles. The van der Waals surface area contributed by atoms with Crippen LogP contribution in [0.5, 0.6) is 0 Å². The molecule has 2 saturated heterocycles. The van der Waals surface area contributed by atoms with Crippen molar-refractivity contribution in [3.63, 3.8) is 0 Å². The molecule has 2 aliphatic rings. The summed E-state index contributed by atoms with van der Waals surface area (Å²) in [5.41, 5.74) is 0. The zero-order chi connectivity index (χ0) is 17.1. The fourth-order valence-electron chi connectivity index (χ4n) is 3.52. The predicted octanol–water partition coefficient (Wildman–Crippen LogP) is 2.43. The Bertz CT molecular complexity index is 587. The maximum atomic E-state index is 12.6. The first-order chi connectivity index (χ1) is 11.5. The highest BCUT2D eigenvalue weighted by Crippen LogP contribution is 2.24. The Morgan fingerprint density at radius 1 is 1.29 bits per heavy atom. The number of carbonyl (C=O) groups is 2. The molecule has 0 aliphatic carbocycles. The van der Waals surface area contributed by atoms with E-state index in [-0.39, 0.29) is 23.8 Å². The summed E-state index contributed by atoms with van der Waals surface area (Å²) in [5, 5.41) is 0. The summed E-state index contributed by atoms with van der Waals surface area (Å²) in [6.45, 7) is 4.78. The van der Waals surface area contributed by atoms with Crippen molar-refractivity contribution in [3.8, 4) is 0 Å². The predicted molar refractivity (Wildman–Crippen MR) is 93.8 cm³/mol. The van der Waals surface area contributed by atoms with Crippen molar-refractivity contribution >= 4 is 23.2 Å². The van der Waals surface area contributed by atoms with Gasteiger partial charge in [-0.15, -0.1) is 11.3 Å². The Morgan fingerprint density at radius 3 is 2.62 bits per heavy atom. The summed E-state index contributed by atoms with van der Waals surface area (Å²) in [6, 6.07) is 4.18. The molecule has 1 aromatic heterocycles. The van der Waals surface area contributed by atoms with Crippen LogP contribution in [0.15, 0.2) is 12.1 Å². The summed E-state index contributed by atoms with van der Waals surface area (Å²) >= 11 is 1.74. The molecule has 0 unspecified atom stereocenters. The van der Waals surface area contributed by atoms with E-state index in [1.165, 1.54) is 9.75 Å². The number of amides is 2. The molecule has 132 valence electrons. The van der Waals surface area contributed by atoms with Gasteiger partial charge in [-0.3, -0.25) is 9.59 Å². The van der Waals surface area contributed by atoms with Crippen LogP contribution in [0.3, 0.4) is 0 Å². The second kappa shape index (κ2) is 7.66. The lowest BCUT2D eigenvalue weighted by Gasteiger charge is -2.34. The van der Waals surface area contributed by atoms with Gasteiger partial charge in [-0.25, -0.2) is 0 Å². The maximum Gasteiger partial charge on any atom is 0.251 e. The lowest BCUT2D eigenvalue weighted by atomic mass is 9.95. The van der Waals surface area contributed by atoms with Gasteiger partial charge in [0.1, 0.15) is 6.10 Å². The van der Waals surface area contributed by atoms with Crippen molar-refractivity contribution < 1.29 is 14.3 Å². The van der Waals surface area contributed by atoms with Gasteiger partial charge in [0.15, 0.2) is 0 Å². The molecule has 0 radical (unpaired) electrons. The average molecular weight is 350 g/mol. The summed E-state index contributed by atoms with van der Waals surface area (Å²) in [6.07, 6.45) is 3.07. The number of thiophene rings is 1. The SMILES string of the molecule is Cc1ccc(CN(C)C(=O)C2CCN(C(=O)[C@H]3CCCO3)CC2)s1. The smallest absolute Gasteiger partial charge is 0.251 e. The zero-order valence-electron chi connectivity index (χ0n) is 14.5. The molecule has 1 atom stereocenters. The number of hydrogen-bond donors (Lipinski definition) is 0. The average Bonchev–Trinajstić information content (AvgIpc) is 3.25. The third-order valence-corrected chi connectivity index (χ3v) is 5.91. The van der Waals surface area contributed by atoms with Crippen LogP contribution >= 0.6 is 11.3 Å². The molecule has 2 amide bonds. The third-order valence-electron chi connectivity index (χ3n) is 4.93. The Labute approximate surface area is 147 Å². The molecule has 3 rings (SSSR count). The van der Waals surface area contributed by atoms with Crippen molar-refractivity contribution in [3.05, 3.63) is 21.9 Å². The van der Waals surface area contributed by atoms with Gasteiger partial charge < -0.3 is 14.5 Å². The first-order valence-corrected chi connectivity index (χ1v) is 9.57. The largest absolute Gasteiger partial charge is 0.368 e. The molecule has 3 heterocycles. The highest BCUT2D eigenvalue weighted by Gasteiger charge is 2.33. The highest BCUT2D eigenvalue weighted by atomic mass is 32.1. The zero-order valence-corrected chi connectivity index (χ0v) is 15.3. The number of carbonyl (C=O) groups excluding carboxylic acids is 2. The van der Waals surface area contributed by atoms with Crippen LogP contribution in [0.1, 0.15) is 35.4 Å². The van der Waals surface area contributed by atoms with E-state index >= 15 is 0 Å². The van der Waals surface area contributed by atoms with Crippen LogP contribution in [0.25, 0.3) is 0 Å². The van der Waals surface area contributed by atoms with E-state index in [1.807, 2.05) is 16.8 Å². The van der Waals surface area contributed by atoms with Crippen molar-refractivity contribution in [1.82, 2.24) is 9.80 Å². The standard InChI is InChI=1S/C18H26N2O3S/c1-13-5-6-15(24-13)12-19(2)17(21)14-7-9-20(10-8-14)18(22)16-4-3-11-23-16/h5-6,14,16H,3-4,7-12H2,1-2H3/t16-/m1/s1. The van der Waals surface area contributed by atoms with Gasteiger partial charge in [-0.2, -0.15) is 0 Å². The van der Waals surface area contributed by atoms with Gasteiger partial charge in [0.2, 0.25) is 5.91 Å². The fourth-order valence-corrected chi connectivity index (χ4v) is 4.46. The monoisotopic (exact) mass is 350 g/mol. The fraction of sp³-hybridized carbons (Fsp3) is 0.667. The van der Waals surface area contributed by atoms with Crippen LogP contribution in [0.2, 0.25) is 0 Å². The minimum atomic E-state index is -0.248. The van der Waals surface area contributed by atoms with E-state index in [0.29, 0.717) is 26.2 Å². The molecule has 1 aromatic rings. The number of nitrogens with zero attached hydrogens (tertiary/aromatic N) is 2. The van der Waals surface area contributed by atoms with Crippen LogP contribution in [0.4, 0.5) is 0 Å². The summed E-state index contributed by atoms with van der Waals surface area (Å²) in [7, 11) is 1.88. The Balaban J connectivity index is 1.48. The summed E-state index contributed by atoms with van der Waals surface area (Å²) in [5.74, 6) is 0.343. The number of aryl methyl sites for hydroxylation is 1. The minimum Gasteiger partial charge on any atom is -0.368 e. The number of rotatable bonds is 4. The maximum absolute atomic E-state index is 12.6. The van der Waals surface area contributed by atoms with Gasteiger partial charge in [0.05, 0.1) is 6.54 Å². The van der Waals surface area contributed by atoms with E-state index < -0.39 is 0 Å². The molecule has 2 aliphatic heterocycles. The second-order valence-electron chi connectivity index (χ2n) is 6.81. The first kappa shape index (κ1) is 17.4. The topological polar surface area (TPSA) is 49.9 Å². The van der Waals surface area contributed by atoms with Crippen LogP contribution < -0.4 is 0 Å². The highest BCUT2D eigenvalue weighted by molar-refractivity contribution is 7.11. The molecule has 0 bridgehead atoms. The number of ether oxygens (including phenoxy) is 1. The lowest BCUT2D eigenvalue weighted by molar-refractivity contribution is -0.145. The second-order valence-corrected chi connectivity index (χ2v) is 8.18. The van der Waals surface area contributed by atoms with Crippen molar-refractivity contribution in [2.24, 2.45) is 5.92 Å². The van der Waals surface area contributed by atoms with Gasteiger partial charge >= 0.3 is 0 Å². The molecule has 5 nitrogen and oxygen atoms in total. The molecular formula is C18H26N2O3S. The van der Waals surface area contributed by atoms with Crippen molar-refractivity contribution in [2.45, 2.75) is 45.3 Å². The molecule has 2 fully saturated rings. The van der Waals surface area contributed by atoms with Crippen LogP contribution in [0, 0.1) is 12.8 Å². The molecule has 24 heavy (non-hydrogen) atoms. The van der Waals surface area contributed by atoms with Gasteiger partial charge in [-0.05, 0) is 44.7 Å². The summed E-state index contributed by atoms with van der Waals surface area (Å²) < 4.78 is 5.48. The van der Waals surface area contributed by atoms with E-state index in [4.69, 9.17) is 4.74 Å². The van der Waals surface area contributed by atoms with Gasteiger partial charge in [0, 0.05) is 42.4 Å². The number of hydrogen-bond acceptors (Lipinski definition) is 4. The third kappa shape index (κ3) is 3.98. The molecular weight excluding hydrogens is 324 g/mol. The Morgan fingerprint density at radius 2 is 2.04 bits per heavy atom. The number of likely N-dealkylation sites (tertiary alicyclic amines) is 1. The van der Waals surface area contributed by atoms with Crippen LogP contribution in [-0.4, -0.2) is 54.5 Å². The summed E-state index contributed by atoms with van der Waals surface area (Å²) in [4.78, 5) is 31.2. The quantitative estimate of drug-likeness (QED) is 0.838. The van der Waals surface area contributed by atoms with Crippen molar-refractivity contribution in [2.75, 3.05) is 26.7 Å². The van der Waals surface area contributed by atoms with Gasteiger partial charge in [-0.1, -0.05) is 0 Å². The first-order valence-electron chi connectivity index (χ1n) is 8.75. The minimum absolute atomic E-state index is 0.0320. The number of piperidine rings is 1. The molecule has 0 N–H and O–H groups in total. The Hall–Kier alpha value is -1.40. The molecule has 0 spiro atoms. The molecule has 0 saturated carbocycles. The van der Waals surface area contributed by atoms with E-state index in [9.17, 15) is 9.59 Å².